The average Bonchev–Trinajstić information content (AvgIpc) is 2.83. The predicted octanol–water partition coefficient (Wildman–Crippen LogP) is 2.75. The molecule has 102 valence electrons. The molecule has 5 heteroatoms. The van der Waals surface area contributed by atoms with Crippen LogP contribution in [0.3, 0.4) is 0 Å². The maximum absolute atomic E-state index is 6.18. The number of halogens is 1. The number of nitrogens with zero attached hydrogens (tertiary/aromatic N) is 3. The van der Waals surface area contributed by atoms with Gasteiger partial charge in [-0.2, -0.15) is 0 Å². The van der Waals surface area contributed by atoms with E-state index in [0.29, 0.717) is 5.02 Å². The van der Waals surface area contributed by atoms with Gasteiger partial charge in [-0.3, -0.25) is 4.98 Å². The quantitative estimate of drug-likeness (QED) is 0.883. The fourth-order valence-corrected chi connectivity index (χ4v) is 2.20. The summed E-state index contributed by atoms with van der Waals surface area (Å²) in [5.41, 5.74) is 2.14. The monoisotopic (exact) mass is 278 g/mol. The molecule has 0 bridgehead atoms. The van der Waals surface area contributed by atoms with Crippen LogP contribution < -0.4 is 5.32 Å². The Hall–Kier alpha value is -1.39. The van der Waals surface area contributed by atoms with Gasteiger partial charge in [0, 0.05) is 25.6 Å². The van der Waals surface area contributed by atoms with Gasteiger partial charge in [-0.05, 0) is 31.0 Å². The summed E-state index contributed by atoms with van der Waals surface area (Å²) >= 11 is 6.18. The minimum absolute atomic E-state index is 0.182. The zero-order valence-corrected chi connectivity index (χ0v) is 12.1. The van der Waals surface area contributed by atoms with Gasteiger partial charge in [0.2, 0.25) is 0 Å². The molecule has 0 radical (unpaired) electrons. The molecule has 2 rings (SSSR count). The normalized spacial score (nSPS) is 12.6. The molecule has 0 amide bonds. The summed E-state index contributed by atoms with van der Waals surface area (Å²) in [6.45, 7) is 3.12. The highest BCUT2D eigenvalue weighted by molar-refractivity contribution is 6.31. The number of aromatic nitrogens is 3. The smallest absolute Gasteiger partial charge is 0.0947 e. The van der Waals surface area contributed by atoms with E-state index in [2.05, 4.69) is 22.2 Å². The molecule has 0 aliphatic carbocycles. The third-order valence-corrected chi connectivity index (χ3v) is 3.34. The van der Waals surface area contributed by atoms with Crippen molar-refractivity contribution in [1.29, 1.82) is 0 Å². The van der Waals surface area contributed by atoms with Crippen molar-refractivity contribution in [3.8, 4) is 0 Å². The van der Waals surface area contributed by atoms with Gasteiger partial charge in [0.1, 0.15) is 0 Å². The van der Waals surface area contributed by atoms with Crippen molar-refractivity contribution in [2.45, 2.75) is 25.8 Å². The first kappa shape index (κ1) is 14.0. The van der Waals surface area contributed by atoms with Gasteiger partial charge in [-0.25, -0.2) is 4.98 Å². The van der Waals surface area contributed by atoms with Crippen LogP contribution in [0.25, 0.3) is 0 Å². The Morgan fingerprint density at radius 2 is 2.32 bits per heavy atom. The van der Waals surface area contributed by atoms with E-state index in [1.165, 1.54) is 0 Å². The van der Waals surface area contributed by atoms with Crippen LogP contribution >= 0.6 is 11.6 Å². The second-order valence-corrected chi connectivity index (χ2v) is 5.05. The van der Waals surface area contributed by atoms with Crippen LogP contribution in [0.1, 0.15) is 30.6 Å². The first-order valence-corrected chi connectivity index (χ1v) is 6.88. The third kappa shape index (κ3) is 3.78. The number of rotatable bonds is 6. The zero-order valence-electron chi connectivity index (χ0n) is 11.3. The fraction of sp³-hybridized carbons (Fsp3) is 0.429. The molecule has 1 atom stereocenters. The summed E-state index contributed by atoms with van der Waals surface area (Å²) in [6, 6.07) is 2.15. The summed E-state index contributed by atoms with van der Waals surface area (Å²) in [4.78, 5) is 8.46. The van der Waals surface area contributed by atoms with Gasteiger partial charge in [-0.15, -0.1) is 0 Å². The number of imidazole rings is 1. The second-order valence-electron chi connectivity index (χ2n) is 4.64. The lowest BCUT2D eigenvalue weighted by molar-refractivity contribution is 0.519. The molecular weight excluding hydrogens is 260 g/mol. The highest BCUT2D eigenvalue weighted by atomic mass is 35.5. The van der Waals surface area contributed by atoms with Gasteiger partial charge in [0.05, 0.1) is 23.1 Å². The van der Waals surface area contributed by atoms with Gasteiger partial charge in [-0.1, -0.05) is 18.5 Å². The standard InChI is InChI=1S/C14H19ClN4/c1-3-5-17-13(14-9-19(2)10-18-14)7-11-4-6-16-8-12(11)15/h4,6,8-10,13,17H,3,5,7H2,1-2H3. The van der Waals surface area contributed by atoms with Crippen molar-refractivity contribution in [2.24, 2.45) is 7.05 Å². The predicted molar refractivity (Wildman–Crippen MR) is 77.2 cm³/mol. The fourth-order valence-electron chi connectivity index (χ4n) is 2.00. The molecule has 2 heterocycles. The Balaban J connectivity index is 2.16. The van der Waals surface area contributed by atoms with Crippen LogP contribution in [0, 0.1) is 0 Å². The maximum Gasteiger partial charge on any atom is 0.0947 e. The van der Waals surface area contributed by atoms with Crippen LogP contribution in [-0.2, 0) is 13.5 Å². The topological polar surface area (TPSA) is 42.7 Å². The molecule has 0 aliphatic rings. The lowest BCUT2D eigenvalue weighted by atomic mass is 10.0. The third-order valence-electron chi connectivity index (χ3n) is 3.00. The summed E-state index contributed by atoms with van der Waals surface area (Å²) in [6.07, 6.45) is 9.24. The number of nitrogens with one attached hydrogen (secondary N) is 1. The molecule has 2 aromatic heterocycles. The summed E-state index contributed by atoms with van der Waals surface area (Å²) in [7, 11) is 1.98. The van der Waals surface area contributed by atoms with Crippen molar-refractivity contribution in [1.82, 2.24) is 19.9 Å². The number of hydrogen-bond donors (Lipinski definition) is 1. The molecule has 19 heavy (non-hydrogen) atoms. The van der Waals surface area contributed by atoms with E-state index in [4.69, 9.17) is 11.6 Å². The largest absolute Gasteiger partial charge is 0.340 e. The van der Waals surface area contributed by atoms with Crippen LogP contribution in [0.2, 0.25) is 5.02 Å². The molecule has 1 N–H and O–H groups in total. The Kier molecular flexibility index (Phi) is 4.93. The Morgan fingerprint density at radius 3 is 2.95 bits per heavy atom. The summed E-state index contributed by atoms with van der Waals surface area (Å²) < 4.78 is 1.96. The van der Waals surface area contributed by atoms with Crippen molar-refractivity contribution >= 4 is 11.6 Å². The summed E-state index contributed by atoms with van der Waals surface area (Å²) in [5, 5.41) is 4.23. The molecule has 0 spiro atoms. The summed E-state index contributed by atoms with van der Waals surface area (Å²) in [5.74, 6) is 0. The van der Waals surface area contributed by atoms with E-state index in [0.717, 1.165) is 30.6 Å². The second kappa shape index (κ2) is 6.68. The molecule has 1 unspecified atom stereocenters. The minimum atomic E-state index is 0.182. The SMILES string of the molecule is CCCNC(Cc1ccncc1Cl)c1cn(C)cn1. The van der Waals surface area contributed by atoms with Crippen molar-refractivity contribution in [3.05, 3.63) is 47.3 Å². The van der Waals surface area contributed by atoms with Crippen molar-refractivity contribution < 1.29 is 0 Å². The lowest BCUT2D eigenvalue weighted by Crippen LogP contribution is -2.24. The Labute approximate surface area is 118 Å². The molecule has 2 aromatic rings. The van der Waals surface area contributed by atoms with E-state index in [-0.39, 0.29) is 6.04 Å². The lowest BCUT2D eigenvalue weighted by Gasteiger charge is -2.17. The molecule has 0 saturated heterocycles. The molecular formula is C14H19ClN4. The van der Waals surface area contributed by atoms with Crippen LogP contribution in [0.4, 0.5) is 0 Å². The van der Waals surface area contributed by atoms with Gasteiger partial charge >= 0.3 is 0 Å². The minimum Gasteiger partial charge on any atom is -0.340 e. The molecule has 0 saturated carbocycles. The first-order valence-electron chi connectivity index (χ1n) is 6.50. The highest BCUT2D eigenvalue weighted by Crippen LogP contribution is 2.21. The van der Waals surface area contributed by atoms with Crippen molar-refractivity contribution in [2.75, 3.05) is 6.54 Å². The van der Waals surface area contributed by atoms with E-state index in [1.54, 1.807) is 12.4 Å². The van der Waals surface area contributed by atoms with Gasteiger partial charge < -0.3 is 9.88 Å². The maximum atomic E-state index is 6.18. The van der Waals surface area contributed by atoms with E-state index >= 15 is 0 Å². The average molecular weight is 279 g/mol. The van der Waals surface area contributed by atoms with E-state index < -0.39 is 0 Å². The Bertz CT molecular complexity index is 524. The van der Waals surface area contributed by atoms with Crippen molar-refractivity contribution in [3.63, 3.8) is 0 Å². The van der Waals surface area contributed by atoms with Crippen LogP contribution in [0.5, 0.6) is 0 Å². The Morgan fingerprint density at radius 1 is 1.47 bits per heavy atom. The van der Waals surface area contributed by atoms with Crippen LogP contribution in [-0.4, -0.2) is 21.1 Å². The van der Waals surface area contributed by atoms with Gasteiger partial charge in [0.15, 0.2) is 0 Å². The highest BCUT2D eigenvalue weighted by Gasteiger charge is 2.15. The van der Waals surface area contributed by atoms with E-state index in [9.17, 15) is 0 Å². The number of pyridine rings is 1. The molecule has 0 aromatic carbocycles. The van der Waals surface area contributed by atoms with Gasteiger partial charge in [0.25, 0.3) is 0 Å². The molecule has 0 aliphatic heterocycles. The van der Waals surface area contributed by atoms with Crippen LogP contribution in [0.15, 0.2) is 31.0 Å². The molecule has 0 fully saturated rings. The molecule has 4 nitrogen and oxygen atoms in total. The van der Waals surface area contributed by atoms with E-state index in [1.807, 2.05) is 30.2 Å². The zero-order chi connectivity index (χ0) is 13.7. The number of hydrogen-bond acceptors (Lipinski definition) is 3. The number of aryl methyl sites for hydroxylation is 1. The first-order chi connectivity index (χ1) is 9.20.